The Balaban J connectivity index is 1.48. The third-order valence-electron chi connectivity index (χ3n) is 4.13. The fraction of sp³-hybridized carbons (Fsp3) is 0.263. The Bertz CT molecular complexity index is 678. The number of benzene rings is 2. The van der Waals surface area contributed by atoms with Crippen LogP contribution in [0.2, 0.25) is 0 Å². The predicted octanol–water partition coefficient (Wildman–Crippen LogP) is 2.23. The number of nitrogens with zero attached hydrogens (tertiary/aromatic N) is 2. The lowest BCUT2D eigenvalue weighted by atomic mass is 10.2. The number of hydrogen-bond acceptors (Lipinski definition) is 4. The van der Waals surface area contributed by atoms with Gasteiger partial charge in [-0.2, -0.15) is 0 Å². The molecule has 1 amide bonds. The molecule has 1 saturated heterocycles. The number of anilines is 1. The summed E-state index contributed by atoms with van der Waals surface area (Å²) in [7, 11) is 0. The molecule has 0 saturated carbocycles. The maximum absolute atomic E-state index is 12.2. The number of piperazine rings is 1. The van der Waals surface area contributed by atoms with Crippen molar-refractivity contribution >= 4 is 17.9 Å². The molecule has 0 unspecified atom stereocenters. The molecule has 2 aromatic rings. The Morgan fingerprint density at radius 1 is 0.958 bits per heavy atom. The Morgan fingerprint density at radius 3 is 2.25 bits per heavy atom. The molecule has 1 fully saturated rings. The van der Waals surface area contributed by atoms with Gasteiger partial charge in [-0.3, -0.25) is 9.59 Å². The first-order valence-corrected chi connectivity index (χ1v) is 8.02. The molecule has 24 heavy (non-hydrogen) atoms. The van der Waals surface area contributed by atoms with Crippen LogP contribution >= 0.6 is 0 Å². The van der Waals surface area contributed by atoms with Gasteiger partial charge in [0.15, 0.2) is 6.61 Å². The summed E-state index contributed by atoms with van der Waals surface area (Å²) < 4.78 is 5.52. The molecular formula is C19H20N2O3. The zero-order valence-electron chi connectivity index (χ0n) is 13.4. The number of para-hydroxylation sites is 1. The van der Waals surface area contributed by atoms with E-state index in [4.69, 9.17) is 4.74 Å². The van der Waals surface area contributed by atoms with Gasteiger partial charge in [0.1, 0.15) is 12.0 Å². The van der Waals surface area contributed by atoms with Crippen molar-refractivity contribution in [1.29, 1.82) is 0 Å². The summed E-state index contributed by atoms with van der Waals surface area (Å²) in [4.78, 5) is 27.0. The fourth-order valence-electron chi connectivity index (χ4n) is 2.73. The van der Waals surface area contributed by atoms with Crippen LogP contribution in [0, 0.1) is 0 Å². The Kier molecular flexibility index (Phi) is 5.11. The quantitative estimate of drug-likeness (QED) is 0.792. The van der Waals surface area contributed by atoms with Crippen LogP contribution in [0.15, 0.2) is 54.6 Å². The molecule has 0 N–H and O–H groups in total. The Hall–Kier alpha value is -2.82. The van der Waals surface area contributed by atoms with Crippen molar-refractivity contribution in [3.8, 4) is 5.75 Å². The summed E-state index contributed by atoms with van der Waals surface area (Å²) in [6.45, 7) is 2.96. The molecule has 0 aromatic heterocycles. The summed E-state index contributed by atoms with van der Waals surface area (Å²) >= 11 is 0. The lowest BCUT2D eigenvalue weighted by Gasteiger charge is -2.36. The maximum atomic E-state index is 12.2. The normalized spacial score (nSPS) is 14.3. The second-order valence-electron chi connectivity index (χ2n) is 5.68. The van der Waals surface area contributed by atoms with Gasteiger partial charge in [-0.25, -0.2) is 0 Å². The first kappa shape index (κ1) is 16.1. The van der Waals surface area contributed by atoms with Crippen molar-refractivity contribution in [3.63, 3.8) is 0 Å². The molecule has 0 bridgehead atoms. The predicted molar refractivity (Wildman–Crippen MR) is 92.6 cm³/mol. The SMILES string of the molecule is O=Cc1ccc(N2CCN(C(=O)COc3ccccc3)CC2)cc1. The van der Waals surface area contributed by atoms with E-state index in [-0.39, 0.29) is 12.5 Å². The van der Waals surface area contributed by atoms with E-state index in [0.29, 0.717) is 24.4 Å². The third-order valence-corrected chi connectivity index (χ3v) is 4.13. The molecule has 0 spiro atoms. The molecule has 5 heteroatoms. The van der Waals surface area contributed by atoms with Crippen molar-refractivity contribution in [2.24, 2.45) is 0 Å². The smallest absolute Gasteiger partial charge is 0.260 e. The van der Waals surface area contributed by atoms with Crippen LogP contribution in [0.3, 0.4) is 0 Å². The lowest BCUT2D eigenvalue weighted by molar-refractivity contribution is -0.133. The van der Waals surface area contributed by atoms with Crippen molar-refractivity contribution in [2.75, 3.05) is 37.7 Å². The first-order chi connectivity index (χ1) is 11.8. The van der Waals surface area contributed by atoms with E-state index in [1.807, 2.05) is 59.5 Å². The van der Waals surface area contributed by atoms with Crippen LogP contribution < -0.4 is 9.64 Å². The number of aldehydes is 1. The number of carbonyl (C=O) groups is 2. The van der Waals surface area contributed by atoms with Gasteiger partial charge in [0, 0.05) is 37.4 Å². The zero-order valence-corrected chi connectivity index (χ0v) is 13.4. The molecule has 0 radical (unpaired) electrons. The molecule has 1 aliphatic rings. The van der Waals surface area contributed by atoms with Crippen LogP contribution in [0.5, 0.6) is 5.75 Å². The van der Waals surface area contributed by atoms with E-state index in [9.17, 15) is 9.59 Å². The highest BCUT2D eigenvalue weighted by Gasteiger charge is 2.21. The highest BCUT2D eigenvalue weighted by atomic mass is 16.5. The summed E-state index contributed by atoms with van der Waals surface area (Å²) in [6.07, 6.45) is 0.840. The van der Waals surface area contributed by atoms with Crippen LogP contribution in [-0.2, 0) is 4.79 Å². The van der Waals surface area contributed by atoms with Crippen LogP contribution in [0.25, 0.3) is 0 Å². The number of rotatable bonds is 5. The van der Waals surface area contributed by atoms with Crippen LogP contribution in [0.4, 0.5) is 5.69 Å². The molecule has 2 aromatic carbocycles. The average Bonchev–Trinajstić information content (AvgIpc) is 2.67. The highest BCUT2D eigenvalue weighted by Crippen LogP contribution is 2.17. The van der Waals surface area contributed by atoms with E-state index in [1.54, 1.807) is 0 Å². The minimum absolute atomic E-state index is 0.00908. The molecule has 5 nitrogen and oxygen atoms in total. The van der Waals surface area contributed by atoms with Crippen molar-refractivity contribution in [2.45, 2.75) is 0 Å². The fourth-order valence-corrected chi connectivity index (χ4v) is 2.73. The van der Waals surface area contributed by atoms with Gasteiger partial charge in [0.05, 0.1) is 0 Å². The van der Waals surface area contributed by atoms with E-state index in [0.717, 1.165) is 25.1 Å². The molecule has 1 heterocycles. The van der Waals surface area contributed by atoms with E-state index < -0.39 is 0 Å². The molecule has 0 atom stereocenters. The summed E-state index contributed by atoms with van der Waals surface area (Å²) in [6, 6.07) is 16.9. The number of hydrogen-bond donors (Lipinski definition) is 0. The monoisotopic (exact) mass is 324 g/mol. The first-order valence-electron chi connectivity index (χ1n) is 8.02. The van der Waals surface area contributed by atoms with Crippen LogP contribution in [0.1, 0.15) is 10.4 Å². The van der Waals surface area contributed by atoms with Crippen LogP contribution in [-0.4, -0.2) is 49.9 Å². The molecule has 0 aliphatic carbocycles. The number of ether oxygens (including phenoxy) is 1. The van der Waals surface area contributed by atoms with Gasteiger partial charge in [0.2, 0.25) is 0 Å². The average molecular weight is 324 g/mol. The number of amides is 1. The molecule has 3 rings (SSSR count). The van der Waals surface area contributed by atoms with Crippen molar-refractivity contribution in [3.05, 3.63) is 60.2 Å². The maximum Gasteiger partial charge on any atom is 0.260 e. The standard InChI is InChI=1S/C19H20N2O3/c22-14-16-6-8-17(9-7-16)20-10-12-21(13-11-20)19(23)15-24-18-4-2-1-3-5-18/h1-9,14H,10-13,15H2. The second-order valence-corrected chi connectivity index (χ2v) is 5.68. The molecule has 124 valence electrons. The molecule has 1 aliphatic heterocycles. The van der Waals surface area contributed by atoms with Gasteiger partial charge >= 0.3 is 0 Å². The largest absolute Gasteiger partial charge is 0.484 e. The van der Waals surface area contributed by atoms with Crippen molar-refractivity contribution < 1.29 is 14.3 Å². The Morgan fingerprint density at radius 2 is 1.62 bits per heavy atom. The topological polar surface area (TPSA) is 49.9 Å². The van der Waals surface area contributed by atoms with Gasteiger partial charge in [0.25, 0.3) is 5.91 Å². The van der Waals surface area contributed by atoms with E-state index >= 15 is 0 Å². The highest BCUT2D eigenvalue weighted by molar-refractivity contribution is 5.78. The Labute approximate surface area is 141 Å². The van der Waals surface area contributed by atoms with Gasteiger partial charge in [-0.15, -0.1) is 0 Å². The van der Waals surface area contributed by atoms with Gasteiger partial charge in [-0.1, -0.05) is 18.2 Å². The van der Waals surface area contributed by atoms with E-state index in [1.165, 1.54) is 0 Å². The van der Waals surface area contributed by atoms with Gasteiger partial charge in [-0.05, 0) is 36.4 Å². The molecular weight excluding hydrogens is 304 g/mol. The lowest BCUT2D eigenvalue weighted by Crippen LogP contribution is -2.50. The summed E-state index contributed by atoms with van der Waals surface area (Å²) in [5.41, 5.74) is 1.75. The number of carbonyl (C=O) groups excluding carboxylic acids is 2. The minimum atomic E-state index is 0.00908. The van der Waals surface area contributed by atoms with E-state index in [2.05, 4.69) is 4.90 Å². The summed E-state index contributed by atoms with van der Waals surface area (Å²) in [5, 5.41) is 0. The second kappa shape index (κ2) is 7.64. The summed E-state index contributed by atoms with van der Waals surface area (Å²) in [5.74, 6) is 0.717. The zero-order chi connectivity index (χ0) is 16.8. The van der Waals surface area contributed by atoms with Crippen molar-refractivity contribution in [1.82, 2.24) is 4.90 Å². The van der Waals surface area contributed by atoms with Gasteiger partial charge < -0.3 is 14.5 Å². The minimum Gasteiger partial charge on any atom is -0.484 e. The third kappa shape index (κ3) is 3.93.